The summed E-state index contributed by atoms with van der Waals surface area (Å²) in [5, 5.41) is 49.0. The third-order valence-electron chi connectivity index (χ3n) is 9.28. The van der Waals surface area contributed by atoms with Crippen LogP contribution in [-0.4, -0.2) is 95.7 Å². The number of primary amides is 1. The smallest absolute Gasteiger partial charge is 0.337 e. The van der Waals surface area contributed by atoms with Gasteiger partial charge in [0, 0.05) is 49.9 Å². The van der Waals surface area contributed by atoms with Gasteiger partial charge in [-0.05, 0) is 62.2 Å². The zero-order valence-corrected chi connectivity index (χ0v) is 26.2. The van der Waals surface area contributed by atoms with Crippen LogP contribution in [0.15, 0.2) is 53.0 Å². The normalized spacial score (nSPS) is 24.0. The summed E-state index contributed by atoms with van der Waals surface area (Å²) < 4.78 is 4.73. The third kappa shape index (κ3) is 5.00. The van der Waals surface area contributed by atoms with Gasteiger partial charge >= 0.3 is 5.97 Å². The molecule has 0 heterocycles. The maximum Gasteiger partial charge on any atom is 0.337 e. The number of aliphatic hydroxyl groups is 3. The predicted octanol–water partition coefficient (Wildman–Crippen LogP) is 1.26. The molecular weight excluding hydrogens is 596 g/mol. The summed E-state index contributed by atoms with van der Waals surface area (Å²) in [4.78, 5) is 55.0. The van der Waals surface area contributed by atoms with E-state index in [-0.39, 0.29) is 36.3 Å². The molecule has 13 heteroatoms. The lowest BCUT2D eigenvalue weighted by molar-refractivity contribution is -0.148. The summed E-state index contributed by atoms with van der Waals surface area (Å²) in [5.74, 6) is -7.33. The molecule has 0 spiro atoms. The number of nitrogens with zero attached hydrogens (tertiary/aromatic N) is 2. The van der Waals surface area contributed by atoms with Crippen LogP contribution in [0.5, 0.6) is 5.75 Å². The largest absolute Gasteiger partial charge is 0.510 e. The average Bonchev–Trinajstić information content (AvgIpc) is 2.99. The number of nitrogens with one attached hydrogen (secondary N) is 1. The number of allylic oxidation sites excluding steroid dienone is 1. The number of amides is 1. The fourth-order valence-corrected chi connectivity index (χ4v) is 7.10. The van der Waals surface area contributed by atoms with E-state index in [1.54, 1.807) is 58.5 Å². The zero-order chi connectivity index (χ0) is 33.8. The molecule has 2 aromatic carbocycles. The lowest BCUT2D eigenvalue weighted by atomic mass is 9.58. The van der Waals surface area contributed by atoms with Crippen LogP contribution >= 0.6 is 0 Å². The number of phenolic OH excluding ortho intramolecular Hbond substituents is 1. The lowest BCUT2D eigenvalue weighted by Crippen LogP contribution is -2.63. The Balaban J connectivity index is 1.53. The Hall–Kier alpha value is -4.72. The van der Waals surface area contributed by atoms with Gasteiger partial charge in [-0.3, -0.25) is 19.3 Å². The second kappa shape index (κ2) is 11.9. The van der Waals surface area contributed by atoms with Gasteiger partial charge in [0.1, 0.15) is 22.8 Å². The number of carbonyl (C=O) groups is 4. The SMILES string of the molecule is COC(=O)c1ccc(CNCc2cc(N(C)C)c3c(c2O)C(=O)C2=C(O)[C@]4(O)C(=O)C(C(N)=O)=C(O)C(N(C)C)[C@@H]4C[C@@H]2C3)cc1. The maximum absolute atomic E-state index is 14.2. The fraction of sp³-hybridized carbons (Fsp3) is 0.394. The minimum absolute atomic E-state index is 0.0114. The number of likely N-dealkylation sites (N-methyl/N-ethyl adjacent to an activating group) is 1. The molecule has 13 nitrogen and oxygen atoms in total. The van der Waals surface area contributed by atoms with Gasteiger partial charge in [0.15, 0.2) is 11.4 Å². The first-order valence-electron chi connectivity index (χ1n) is 14.7. The Kier molecular flexibility index (Phi) is 8.45. The predicted molar refractivity (Wildman–Crippen MR) is 166 cm³/mol. The first-order chi connectivity index (χ1) is 21.6. The van der Waals surface area contributed by atoms with E-state index in [1.807, 2.05) is 4.90 Å². The van der Waals surface area contributed by atoms with Gasteiger partial charge in [0.05, 0.1) is 24.3 Å². The summed E-state index contributed by atoms with van der Waals surface area (Å²) in [6, 6.07) is 7.54. The molecule has 1 unspecified atom stereocenters. The molecule has 0 fully saturated rings. The number of rotatable bonds is 8. The van der Waals surface area contributed by atoms with Crippen LogP contribution in [-0.2, 0) is 33.8 Å². The number of ketones is 2. The molecule has 0 aliphatic heterocycles. The molecule has 46 heavy (non-hydrogen) atoms. The molecule has 1 amide bonds. The Bertz CT molecular complexity index is 1710. The number of esters is 1. The lowest BCUT2D eigenvalue weighted by Gasteiger charge is -2.50. The van der Waals surface area contributed by atoms with Gasteiger partial charge in [-0.15, -0.1) is 0 Å². The van der Waals surface area contributed by atoms with E-state index in [0.29, 0.717) is 28.9 Å². The van der Waals surface area contributed by atoms with E-state index < -0.39 is 64.0 Å². The quantitative estimate of drug-likeness (QED) is 0.180. The van der Waals surface area contributed by atoms with Gasteiger partial charge in [-0.25, -0.2) is 4.79 Å². The van der Waals surface area contributed by atoms with Crippen molar-refractivity contribution in [3.63, 3.8) is 0 Å². The number of nitrogens with two attached hydrogens (primary N) is 1. The summed E-state index contributed by atoms with van der Waals surface area (Å²) >= 11 is 0. The molecule has 3 aliphatic carbocycles. The number of benzene rings is 2. The van der Waals surface area contributed by atoms with Crippen molar-refractivity contribution in [2.24, 2.45) is 17.6 Å². The van der Waals surface area contributed by atoms with E-state index in [4.69, 9.17) is 10.5 Å². The van der Waals surface area contributed by atoms with Crippen LogP contribution in [0.1, 0.15) is 43.8 Å². The minimum atomic E-state index is -2.70. The van der Waals surface area contributed by atoms with Crippen molar-refractivity contribution in [2.45, 2.75) is 37.6 Å². The van der Waals surface area contributed by atoms with Crippen LogP contribution < -0.4 is 16.0 Å². The van der Waals surface area contributed by atoms with Gasteiger partial charge in [-0.2, -0.15) is 0 Å². The molecule has 244 valence electrons. The average molecular weight is 635 g/mol. The van der Waals surface area contributed by atoms with E-state index in [0.717, 1.165) is 5.56 Å². The Morgan fingerprint density at radius 3 is 2.28 bits per heavy atom. The number of hydrogen-bond donors (Lipinski definition) is 6. The van der Waals surface area contributed by atoms with Crippen molar-refractivity contribution in [3.05, 3.63) is 80.8 Å². The first-order valence-corrected chi connectivity index (χ1v) is 14.7. The number of aliphatic hydroxyl groups excluding tert-OH is 2. The minimum Gasteiger partial charge on any atom is -0.510 e. The van der Waals surface area contributed by atoms with E-state index in [1.165, 1.54) is 12.0 Å². The van der Waals surface area contributed by atoms with Crippen LogP contribution in [0.4, 0.5) is 5.69 Å². The van der Waals surface area contributed by atoms with Crippen molar-refractivity contribution >= 4 is 29.1 Å². The highest BCUT2D eigenvalue weighted by Crippen LogP contribution is 2.53. The molecule has 3 aliphatic rings. The monoisotopic (exact) mass is 634 g/mol. The molecule has 0 saturated heterocycles. The summed E-state index contributed by atoms with van der Waals surface area (Å²) in [6.45, 7) is 0.533. The number of methoxy groups -OCH3 is 1. The molecule has 0 bridgehead atoms. The molecule has 5 rings (SSSR count). The molecule has 7 N–H and O–H groups in total. The number of carbonyl (C=O) groups excluding carboxylic acids is 4. The van der Waals surface area contributed by atoms with Crippen molar-refractivity contribution < 1.29 is 44.3 Å². The topological polar surface area (TPSA) is 203 Å². The summed E-state index contributed by atoms with van der Waals surface area (Å²) in [5.41, 5.74) is 4.48. The van der Waals surface area contributed by atoms with E-state index in [9.17, 15) is 39.6 Å². The number of ether oxygens (including phenoxy) is 1. The second-order valence-corrected chi connectivity index (χ2v) is 12.4. The fourth-order valence-electron chi connectivity index (χ4n) is 7.10. The molecule has 0 aromatic heterocycles. The van der Waals surface area contributed by atoms with Crippen molar-refractivity contribution in [3.8, 4) is 5.75 Å². The second-order valence-electron chi connectivity index (χ2n) is 12.4. The van der Waals surface area contributed by atoms with Crippen LogP contribution in [0.2, 0.25) is 0 Å². The van der Waals surface area contributed by atoms with Crippen molar-refractivity contribution in [1.29, 1.82) is 0 Å². The number of anilines is 1. The molecule has 4 atom stereocenters. The highest BCUT2D eigenvalue weighted by Gasteiger charge is 2.63. The highest BCUT2D eigenvalue weighted by molar-refractivity contribution is 6.25. The number of aromatic hydroxyl groups is 1. The number of fused-ring (bicyclic) bond motifs is 3. The van der Waals surface area contributed by atoms with E-state index >= 15 is 0 Å². The van der Waals surface area contributed by atoms with Gasteiger partial charge in [0.25, 0.3) is 5.91 Å². The maximum atomic E-state index is 14.2. The van der Waals surface area contributed by atoms with Gasteiger partial charge in [0.2, 0.25) is 5.78 Å². The number of Topliss-reactive ketones (excluding diaryl/α,β-unsaturated/α-hetero) is 2. The Morgan fingerprint density at radius 1 is 1.07 bits per heavy atom. The molecule has 2 aromatic rings. The van der Waals surface area contributed by atoms with Gasteiger partial charge in [-0.1, -0.05) is 12.1 Å². The zero-order valence-electron chi connectivity index (χ0n) is 26.2. The highest BCUT2D eigenvalue weighted by atomic mass is 16.5. The Labute approximate surface area is 265 Å². The summed E-state index contributed by atoms with van der Waals surface area (Å²) in [7, 11) is 8.08. The number of phenols is 1. The third-order valence-corrected chi connectivity index (χ3v) is 9.28. The summed E-state index contributed by atoms with van der Waals surface area (Å²) in [6.07, 6.45) is 0.202. The van der Waals surface area contributed by atoms with Gasteiger partial charge < -0.3 is 41.1 Å². The van der Waals surface area contributed by atoms with Crippen LogP contribution in [0, 0.1) is 11.8 Å². The number of hydrogen-bond acceptors (Lipinski definition) is 12. The Morgan fingerprint density at radius 2 is 1.72 bits per heavy atom. The van der Waals surface area contributed by atoms with Crippen molar-refractivity contribution in [1.82, 2.24) is 10.2 Å². The molecular formula is C33H38N4O9. The first kappa shape index (κ1) is 32.7. The van der Waals surface area contributed by atoms with Crippen molar-refractivity contribution in [2.75, 3.05) is 40.2 Å². The van der Waals surface area contributed by atoms with E-state index in [2.05, 4.69) is 5.32 Å². The standard InChI is InChI=1S/C33H38N4O9/c1-36(2)21-12-18(14-35-13-15-6-8-16(9-7-15)32(44)46-5)26(38)23-19(21)10-17-11-20-25(37(3)4)28(40)24(31(34)43)30(42)33(20,45)29(41)22(17)27(23)39/h6-9,12,17,20,25,35,38,40-41,45H,10-11,13-14H2,1-5H3,(H2,34,43)/t17-,20-,25?,33-/m0/s1. The molecule has 0 saturated carbocycles. The molecule has 0 radical (unpaired) electrons. The van der Waals surface area contributed by atoms with Crippen LogP contribution in [0.25, 0.3) is 0 Å². The van der Waals surface area contributed by atoms with Crippen LogP contribution in [0.3, 0.4) is 0 Å².